The van der Waals surface area contributed by atoms with Gasteiger partial charge in [-0.05, 0) is 43.3 Å². The molecule has 0 radical (unpaired) electrons. The van der Waals surface area contributed by atoms with E-state index in [0.29, 0.717) is 22.9 Å². The summed E-state index contributed by atoms with van der Waals surface area (Å²) in [7, 11) is 1.93. The molecule has 1 aromatic heterocycles. The largest absolute Gasteiger partial charge is 0.545 e. The van der Waals surface area contributed by atoms with Gasteiger partial charge in [-0.3, -0.25) is 5.41 Å². The monoisotopic (exact) mass is 430 g/mol. The molecule has 2 N–H and O–H groups in total. The lowest BCUT2D eigenvalue weighted by molar-refractivity contribution is -0.617. The third-order valence-corrected chi connectivity index (χ3v) is 4.96. The number of aromatic carboxylic acids is 2. The Morgan fingerprint density at radius 1 is 0.906 bits per heavy atom. The summed E-state index contributed by atoms with van der Waals surface area (Å²) >= 11 is 0. The molecule has 0 aliphatic carbocycles. The number of rotatable bonds is 4. The van der Waals surface area contributed by atoms with Gasteiger partial charge in [-0.25, -0.2) is 4.79 Å². The SMILES string of the molecule is CCOC(=N)c1ccc(C(=O)O)cc1.C[n+]1c2ccccc2c(C(=O)[O-])c2ccccc21. The van der Waals surface area contributed by atoms with E-state index in [9.17, 15) is 14.7 Å². The van der Waals surface area contributed by atoms with Gasteiger partial charge in [0.2, 0.25) is 16.9 Å². The van der Waals surface area contributed by atoms with Crippen LogP contribution >= 0.6 is 0 Å². The van der Waals surface area contributed by atoms with Crippen LogP contribution in [0.25, 0.3) is 21.8 Å². The van der Waals surface area contributed by atoms with Gasteiger partial charge >= 0.3 is 5.97 Å². The summed E-state index contributed by atoms with van der Waals surface area (Å²) in [4.78, 5) is 21.9. The Bertz CT molecular complexity index is 1260. The van der Waals surface area contributed by atoms with Crippen molar-refractivity contribution in [2.45, 2.75) is 6.92 Å². The molecule has 0 fully saturated rings. The highest BCUT2D eigenvalue weighted by Gasteiger charge is 2.17. The number of carboxylic acids is 2. The van der Waals surface area contributed by atoms with E-state index in [1.54, 1.807) is 19.1 Å². The fraction of sp³-hybridized carbons (Fsp3) is 0.120. The van der Waals surface area contributed by atoms with Crippen molar-refractivity contribution in [2.24, 2.45) is 7.05 Å². The minimum atomic E-state index is -1.14. The predicted molar refractivity (Wildman–Crippen MR) is 119 cm³/mol. The quantitative estimate of drug-likeness (QED) is 0.224. The van der Waals surface area contributed by atoms with Gasteiger partial charge in [0.1, 0.15) is 7.05 Å². The van der Waals surface area contributed by atoms with E-state index in [1.165, 1.54) is 12.1 Å². The summed E-state index contributed by atoms with van der Waals surface area (Å²) in [6, 6.07) is 20.9. The maximum absolute atomic E-state index is 11.4. The number of benzene rings is 3. The van der Waals surface area contributed by atoms with Crippen LogP contribution in [0.3, 0.4) is 0 Å². The van der Waals surface area contributed by atoms with Crippen LogP contribution in [0.1, 0.15) is 33.2 Å². The molecular formula is C25H22N2O5. The van der Waals surface area contributed by atoms with Crippen molar-refractivity contribution in [1.29, 1.82) is 5.41 Å². The number of aromatic nitrogens is 1. The van der Waals surface area contributed by atoms with E-state index in [2.05, 4.69) is 0 Å². The Morgan fingerprint density at radius 3 is 1.81 bits per heavy atom. The Hall–Kier alpha value is -4.26. The molecule has 0 amide bonds. The van der Waals surface area contributed by atoms with Crippen LogP contribution in [0.15, 0.2) is 72.8 Å². The summed E-state index contributed by atoms with van der Waals surface area (Å²) in [5, 5.41) is 28.9. The first kappa shape index (κ1) is 22.4. The van der Waals surface area contributed by atoms with Gasteiger partial charge in [0, 0.05) is 23.3 Å². The van der Waals surface area contributed by atoms with Gasteiger partial charge in [0.25, 0.3) is 0 Å². The lowest BCUT2D eigenvalue weighted by atomic mass is 10.0. The second-order valence-corrected chi connectivity index (χ2v) is 6.90. The molecule has 0 aliphatic rings. The summed E-state index contributed by atoms with van der Waals surface area (Å²) in [6.45, 7) is 2.22. The van der Waals surface area contributed by atoms with E-state index in [1.807, 2.05) is 60.1 Å². The van der Waals surface area contributed by atoms with Crippen LogP contribution in [-0.4, -0.2) is 29.5 Å². The number of hydrogen-bond acceptors (Lipinski definition) is 5. The van der Waals surface area contributed by atoms with E-state index in [4.69, 9.17) is 15.3 Å². The maximum atomic E-state index is 11.4. The zero-order valence-corrected chi connectivity index (χ0v) is 17.7. The number of pyridine rings is 1. The summed E-state index contributed by atoms with van der Waals surface area (Å²) in [5.74, 6) is -2.05. The van der Waals surface area contributed by atoms with Crippen LogP contribution in [0.4, 0.5) is 0 Å². The molecule has 3 aromatic carbocycles. The highest BCUT2D eigenvalue weighted by atomic mass is 16.5. The third kappa shape index (κ3) is 4.57. The summed E-state index contributed by atoms with van der Waals surface area (Å²) in [5.41, 5.74) is 2.82. The normalized spacial score (nSPS) is 10.3. The molecule has 7 nitrogen and oxygen atoms in total. The average molecular weight is 430 g/mol. The lowest BCUT2D eigenvalue weighted by Crippen LogP contribution is -2.33. The molecule has 0 aliphatic heterocycles. The Kier molecular flexibility index (Phi) is 6.80. The van der Waals surface area contributed by atoms with Gasteiger partial charge in [0.15, 0.2) is 0 Å². The molecule has 0 atom stereocenters. The predicted octanol–water partition coefficient (Wildman–Crippen LogP) is 2.93. The molecule has 1 heterocycles. The first-order valence-corrected chi connectivity index (χ1v) is 9.91. The van der Waals surface area contributed by atoms with Crippen molar-refractivity contribution < 1.29 is 29.1 Å². The zero-order valence-electron chi connectivity index (χ0n) is 17.7. The summed E-state index contributed by atoms with van der Waals surface area (Å²) < 4.78 is 6.96. The van der Waals surface area contributed by atoms with Crippen molar-refractivity contribution in [3.05, 3.63) is 89.5 Å². The van der Waals surface area contributed by atoms with Crippen LogP contribution < -0.4 is 9.67 Å². The van der Waals surface area contributed by atoms with Gasteiger partial charge in [0.05, 0.1) is 28.9 Å². The number of nitrogens with one attached hydrogen (secondary N) is 1. The van der Waals surface area contributed by atoms with Gasteiger partial charge < -0.3 is 19.7 Å². The molecule has 0 saturated carbocycles. The fourth-order valence-corrected chi connectivity index (χ4v) is 3.44. The first-order valence-electron chi connectivity index (χ1n) is 9.91. The topological polar surface area (TPSA) is 114 Å². The number of aryl methyl sites for hydroxylation is 1. The van der Waals surface area contributed by atoms with Gasteiger partial charge in [-0.1, -0.05) is 24.3 Å². The zero-order chi connectivity index (χ0) is 23.3. The molecule has 0 spiro atoms. The van der Waals surface area contributed by atoms with Crippen molar-refractivity contribution in [2.75, 3.05) is 6.61 Å². The van der Waals surface area contributed by atoms with Crippen LogP contribution in [0.5, 0.6) is 0 Å². The number of nitrogens with zero attached hydrogens (tertiary/aromatic N) is 1. The van der Waals surface area contributed by atoms with Crippen LogP contribution in [-0.2, 0) is 11.8 Å². The van der Waals surface area contributed by atoms with E-state index in [0.717, 1.165) is 11.0 Å². The lowest BCUT2D eigenvalue weighted by Gasteiger charge is -2.10. The number of carbonyl (C=O) groups is 2. The molecule has 0 saturated heterocycles. The standard InChI is InChI=1S/C15H11NO2.C10H11NO3/c1-16-12-8-4-2-6-10(12)14(15(17)18)11-7-3-5-9-13(11)16;1-2-14-9(11)7-3-5-8(6-4-7)10(12)13/h2-9H,1H3;3-6,11H,2H2,1H3,(H,12,13). The van der Waals surface area contributed by atoms with E-state index in [-0.39, 0.29) is 17.0 Å². The molecule has 7 heteroatoms. The molecule has 4 rings (SSSR count). The number of carbonyl (C=O) groups excluding carboxylic acids is 1. The van der Waals surface area contributed by atoms with Crippen molar-refractivity contribution in [1.82, 2.24) is 0 Å². The molecule has 0 bridgehead atoms. The average Bonchev–Trinajstić information content (AvgIpc) is 2.80. The molecule has 162 valence electrons. The number of fused-ring (bicyclic) bond motifs is 2. The molecule has 4 aromatic rings. The Morgan fingerprint density at radius 2 is 1.38 bits per heavy atom. The minimum absolute atomic E-state index is 0.0597. The molecular weight excluding hydrogens is 408 g/mol. The maximum Gasteiger partial charge on any atom is 0.335 e. The highest BCUT2D eigenvalue weighted by Crippen LogP contribution is 2.23. The second kappa shape index (κ2) is 9.70. The van der Waals surface area contributed by atoms with Gasteiger partial charge in [-0.15, -0.1) is 0 Å². The van der Waals surface area contributed by atoms with Gasteiger partial charge in [-0.2, -0.15) is 4.57 Å². The smallest absolute Gasteiger partial charge is 0.335 e. The van der Waals surface area contributed by atoms with Crippen molar-refractivity contribution in [3.63, 3.8) is 0 Å². The highest BCUT2D eigenvalue weighted by molar-refractivity contribution is 6.11. The second-order valence-electron chi connectivity index (χ2n) is 6.90. The van der Waals surface area contributed by atoms with E-state index >= 15 is 0 Å². The number of ether oxygens (including phenoxy) is 1. The van der Waals surface area contributed by atoms with E-state index < -0.39 is 11.9 Å². The van der Waals surface area contributed by atoms with Crippen molar-refractivity contribution >= 4 is 39.6 Å². The van der Waals surface area contributed by atoms with Crippen LogP contribution in [0, 0.1) is 5.41 Å². The third-order valence-electron chi connectivity index (χ3n) is 4.96. The van der Waals surface area contributed by atoms with Crippen molar-refractivity contribution in [3.8, 4) is 0 Å². The summed E-state index contributed by atoms with van der Waals surface area (Å²) in [6.07, 6.45) is 0. The fourth-order valence-electron chi connectivity index (χ4n) is 3.44. The molecule has 32 heavy (non-hydrogen) atoms. The number of carboxylic acid groups (broad SMARTS) is 2. The first-order chi connectivity index (χ1) is 15.3. The minimum Gasteiger partial charge on any atom is -0.545 e. The Labute approximate surface area is 184 Å². The molecule has 0 unspecified atom stereocenters. The Balaban J connectivity index is 0.000000188. The van der Waals surface area contributed by atoms with Crippen LogP contribution in [0.2, 0.25) is 0 Å². The number of para-hydroxylation sites is 2. The number of hydrogen-bond donors (Lipinski definition) is 2.